The number of hydrogen-bond donors (Lipinski definition) is 2. The van der Waals surface area contributed by atoms with Crippen molar-refractivity contribution < 1.29 is 14.6 Å². The van der Waals surface area contributed by atoms with Gasteiger partial charge in [0, 0.05) is 11.8 Å². The lowest BCUT2D eigenvalue weighted by Crippen LogP contribution is -2.58. The largest absolute Gasteiger partial charge is 0.465 e. The zero-order valence-electron chi connectivity index (χ0n) is 13.6. The van der Waals surface area contributed by atoms with E-state index in [0.29, 0.717) is 31.2 Å². The summed E-state index contributed by atoms with van der Waals surface area (Å²) in [5, 5.41) is 13.6. The molecule has 0 unspecified atom stereocenters. The van der Waals surface area contributed by atoms with Crippen LogP contribution in [-0.4, -0.2) is 60.6 Å². The molecule has 1 aliphatic rings. The second kappa shape index (κ2) is 6.08. The van der Waals surface area contributed by atoms with E-state index in [2.05, 4.69) is 15.1 Å². The summed E-state index contributed by atoms with van der Waals surface area (Å²) in [7, 11) is 0. The number of hydrogen-bond acceptors (Lipinski definition) is 6. The van der Waals surface area contributed by atoms with E-state index in [4.69, 9.17) is 10.5 Å². The average Bonchev–Trinajstić information content (AvgIpc) is 2.98. The van der Waals surface area contributed by atoms with Gasteiger partial charge in [-0.05, 0) is 13.8 Å². The van der Waals surface area contributed by atoms with Crippen LogP contribution in [0.25, 0.3) is 11.3 Å². The third kappa shape index (κ3) is 3.30. The zero-order valence-corrected chi connectivity index (χ0v) is 13.6. The molecule has 1 fully saturated rings. The second-order valence-corrected chi connectivity index (χ2v) is 6.42. The summed E-state index contributed by atoms with van der Waals surface area (Å²) in [6.45, 7) is 4.81. The Morgan fingerprint density at radius 3 is 2.88 bits per heavy atom. The van der Waals surface area contributed by atoms with Crippen LogP contribution in [0.5, 0.6) is 0 Å². The monoisotopic (exact) mass is 332 g/mol. The predicted octanol–water partition coefficient (Wildman–Crippen LogP) is 1.08. The van der Waals surface area contributed by atoms with Crippen molar-refractivity contribution in [3.05, 3.63) is 24.8 Å². The van der Waals surface area contributed by atoms with Crippen LogP contribution in [0.3, 0.4) is 0 Å². The Morgan fingerprint density at radius 2 is 2.21 bits per heavy atom. The lowest BCUT2D eigenvalue weighted by atomic mass is 10.0. The lowest BCUT2D eigenvalue weighted by Gasteiger charge is -2.43. The number of morpholine rings is 1. The summed E-state index contributed by atoms with van der Waals surface area (Å²) in [5.74, 6) is 0.359. The molecule has 1 atom stereocenters. The summed E-state index contributed by atoms with van der Waals surface area (Å²) in [5.41, 5.74) is 6.49. The van der Waals surface area contributed by atoms with Crippen molar-refractivity contribution in [2.75, 3.05) is 18.9 Å². The first-order valence-electron chi connectivity index (χ1n) is 7.58. The number of carboxylic acid groups (broad SMARTS) is 1. The zero-order chi connectivity index (χ0) is 17.3. The predicted molar refractivity (Wildman–Crippen MR) is 86.2 cm³/mol. The smallest absolute Gasteiger partial charge is 0.407 e. The molecule has 1 aliphatic heterocycles. The fourth-order valence-corrected chi connectivity index (χ4v) is 2.64. The van der Waals surface area contributed by atoms with Crippen LogP contribution in [-0.2, 0) is 11.3 Å². The molecular formula is C15H20N6O3. The molecule has 0 aliphatic carbocycles. The molecule has 0 spiro atoms. The van der Waals surface area contributed by atoms with Gasteiger partial charge in [0.15, 0.2) is 0 Å². The van der Waals surface area contributed by atoms with Crippen LogP contribution in [0, 0.1) is 0 Å². The van der Waals surface area contributed by atoms with Gasteiger partial charge in [-0.15, -0.1) is 0 Å². The Labute approximate surface area is 139 Å². The SMILES string of the molecule is CC1(C)CO[C@H](Cn2cc(-c3cnc(N)cn3)cn2)CN1C(=O)O. The van der Waals surface area contributed by atoms with Crippen LogP contribution < -0.4 is 5.73 Å². The molecule has 24 heavy (non-hydrogen) atoms. The van der Waals surface area contributed by atoms with Crippen molar-refractivity contribution in [2.45, 2.75) is 32.0 Å². The van der Waals surface area contributed by atoms with Crippen molar-refractivity contribution >= 4 is 11.9 Å². The van der Waals surface area contributed by atoms with E-state index in [1.165, 1.54) is 11.1 Å². The quantitative estimate of drug-likeness (QED) is 0.863. The minimum atomic E-state index is -0.938. The van der Waals surface area contributed by atoms with Crippen molar-refractivity contribution in [3.8, 4) is 11.3 Å². The summed E-state index contributed by atoms with van der Waals surface area (Å²) < 4.78 is 7.52. The minimum Gasteiger partial charge on any atom is -0.465 e. The Hall–Kier alpha value is -2.68. The van der Waals surface area contributed by atoms with Gasteiger partial charge >= 0.3 is 6.09 Å². The molecule has 1 amide bonds. The van der Waals surface area contributed by atoms with Crippen molar-refractivity contribution in [3.63, 3.8) is 0 Å². The van der Waals surface area contributed by atoms with E-state index >= 15 is 0 Å². The maximum absolute atomic E-state index is 11.4. The first kappa shape index (κ1) is 16.2. The molecule has 128 valence electrons. The second-order valence-electron chi connectivity index (χ2n) is 6.42. The number of nitrogen functional groups attached to an aromatic ring is 1. The van der Waals surface area contributed by atoms with Crippen LogP contribution >= 0.6 is 0 Å². The van der Waals surface area contributed by atoms with E-state index in [1.807, 2.05) is 20.0 Å². The number of nitrogens with zero attached hydrogens (tertiary/aromatic N) is 5. The van der Waals surface area contributed by atoms with E-state index in [9.17, 15) is 9.90 Å². The Kier molecular flexibility index (Phi) is 4.10. The van der Waals surface area contributed by atoms with Crippen LogP contribution in [0.4, 0.5) is 10.6 Å². The van der Waals surface area contributed by atoms with Crippen LogP contribution in [0.1, 0.15) is 13.8 Å². The van der Waals surface area contributed by atoms with E-state index in [-0.39, 0.29) is 6.10 Å². The van der Waals surface area contributed by atoms with Crippen molar-refractivity contribution in [2.24, 2.45) is 0 Å². The molecule has 3 N–H and O–H groups in total. The molecule has 0 radical (unpaired) electrons. The fraction of sp³-hybridized carbons (Fsp3) is 0.467. The highest BCUT2D eigenvalue weighted by atomic mass is 16.5. The molecule has 2 aromatic heterocycles. The number of anilines is 1. The van der Waals surface area contributed by atoms with E-state index in [1.54, 1.807) is 17.1 Å². The van der Waals surface area contributed by atoms with Crippen LogP contribution in [0.2, 0.25) is 0 Å². The van der Waals surface area contributed by atoms with Gasteiger partial charge in [0.2, 0.25) is 0 Å². The molecule has 3 rings (SSSR count). The molecule has 9 heteroatoms. The molecule has 0 bridgehead atoms. The first-order valence-corrected chi connectivity index (χ1v) is 7.58. The van der Waals surface area contributed by atoms with E-state index < -0.39 is 11.6 Å². The average molecular weight is 332 g/mol. The number of aromatic nitrogens is 4. The van der Waals surface area contributed by atoms with Gasteiger partial charge in [0.05, 0.1) is 55.6 Å². The molecule has 0 saturated carbocycles. The molecular weight excluding hydrogens is 312 g/mol. The van der Waals surface area contributed by atoms with Gasteiger partial charge in [-0.25, -0.2) is 9.78 Å². The lowest BCUT2D eigenvalue weighted by molar-refractivity contribution is -0.0918. The number of rotatable bonds is 3. The minimum absolute atomic E-state index is 0.251. The summed E-state index contributed by atoms with van der Waals surface area (Å²) >= 11 is 0. The Bertz CT molecular complexity index is 727. The number of carbonyl (C=O) groups is 1. The third-order valence-corrected chi connectivity index (χ3v) is 4.01. The standard InChI is InChI=1S/C15H20N6O3/c1-15(2)9-24-11(8-21(15)14(22)23)7-20-6-10(3-19-20)12-4-18-13(16)5-17-12/h3-6,11H,7-9H2,1-2H3,(H2,16,18)(H,22,23)/t11-/m1/s1. The number of amides is 1. The molecule has 2 aromatic rings. The first-order chi connectivity index (χ1) is 11.3. The molecule has 3 heterocycles. The van der Waals surface area contributed by atoms with Crippen molar-refractivity contribution in [1.82, 2.24) is 24.6 Å². The van der Waals surface area contributed by atoms with Crippen molar-refractivity contribution in [1.29, 1.82) is 0 Å². The molecule has 0 aromatic carbocycles. The Balaban J connectivity index is 1.69. The van der Waals surface area contributed by atoms with Gasteiger partial charge in [-0.1, -0.05) is 0 Å². The highest BCUT2D eigenvalue weighted by Gasteiger charge is 2.38. The Morgan fingerprint density at radius 1 is 1.42 bits per heavy atom. The van der Waals surface area contributed by atoms with Gasteiger partial charge in [-0.3, -0.25) is 14.6 Å². The highest BCUT2D eigenvalue weighted by molar-refractivity contribution is 5.66. The number of nitrogens with two attached hydrogens (primary N) is 1. The topological polar surface area (TPSA) is 119 Å². The fourth-order valence-electron chi connectivity index (χ4n) is 2.64. The summed E-state index contributed by atoms with van der Waals surface area (Å²) in [6.07, 6.45) is 5.40. The number of ether oxygens (including phenoxy) is 1. The van der Waals surface area contributed by atoms with Gasteiger partial charge in [0.25, 0.3) is 0 Å². The van der Waals surface area contributed by atoms with E-state index in [0.717, 1.165) is 5.56 Å². The normalized spacial score (nSPS) is 20.1. The van der Waals surface area contributed by atoms with Crippen LogP contribution in [0.15, 0.2) is 24.8 Å². The summed E-state index contributed by atoms with van der Waals surface area (Å²) in [6, 6.07) is 0. The maximum atomic E-state index is 11.4. The molecule has 9 nitrogen and oxygen atoms in total. The summed E-state index contributed by atoms with van der Waals surface area (Å²) in [4.78, 5) is 21.0. The third-order valence-electron chi connectivity index (χ3n) is 4.01. The molecule has 1 saturated heterocycles. The van der Waals surface area contributed by atoms with Gasteiger partial charge < -0.3 is 15.6 Å². The highest BCUT2D eigenvalue weighted by Crippen LogP contribution is 2.23. The maximum Gasteiger partial charge on any atom is 0.407 e. The van der Waals surface area contributed by atoms with Gasteiger partial charge in [0.1, 0.15) is 5.82 Å². The van der Waals surface area contributed by atoms with Gasteiger partial charge in [-0.2, -0.15) is 5.10 Å².